The molecule has 3 aromatic rings. The fraction of sp³-hybridized carbons (Fsp3) is 0.355. The number of benzene rings is 3. The van der Waals surface area contributed by atoms with E-state index in [0.717, 1.165) is 27.4 Å². The van der Waals surface area contributed by atoms with Crippen molar-refractivity contribution in [2.45, 2.75) is 71.0 Å². The van der Waals surface area contributed by atoms with E-state index in [0.29, 0.717) is 17.1 Å². The molecule has 0 radical (unpaired) electrons. The van der Waals surface area contributed by atoms with E-state index in [4.69, 9.17) is 11.6 Å². The van der Waals surface area contributed by atoms with Crippen LogP contribution in [-0.2, 0) is 26.2 Å². The molecule has 3 aromatic carbocycles. The number of halogens is 1. The molecule has 40 heavy (non-hydrogen) atoms. The number of hydrogen-bond acceptors (Lipinski definition) is 4. The van der Waals surface area contributed by atoms with Crippen LogP contribution in [0.2, 0.25) is 5.02 Å². The van der Waals surface area contributed by atoms with Gasteiger partial charge in [0, 0.05) is 17.6 Å². The van der Waals surface area contributed by atoms with Crippen molar-refractivity contribution in [3.63, 3.8) is 0 Å². The van der Waals surface area contributed by atoms with Crippen molar-refractivity contribution in [3.8, 4) is 0 Å². The minimum Gasteiger partial charge on any atom is -0.352 e. The van der Waals surface area contributed by atoms with Gasteiger partial charge in [0.05, 0.1) is 10.6 Å². The molecule has 0 spiro atoms. The molecule has 0 saturated heterocycles. The first-order chi connectivity index (χ1) is 19.0. The van der Waals surface area contributed by atoms with Crippen molar-refractivity contribution in [2.24, 2.45) is 0 Å². The lowest BCUT2D eigenvalue weighted by atomic mass is 10.1. The topological polar surface area (TPSA) is 86.8 Å². The average molecular weight is 584 g/mol. The van der Waals surface area contributed by atoms with Gasteiger partial charge in [-0.3, -0.25) is 13.9 Å². The number of hydrogen-bond donors (Lipinski definition) is 1. The SMILES string of the molecule is CC[C@H](C(=O)N[C@@H](C)CC)N(Cc1ccc(C)cc1)C(=O)CN(c1ccc(C)cc1)S(=O)(=O)c1ccc(Cl)cc1. The van der Waals surface area contributed by atoms with Gasteiger partial charge in [-0.2, -0.15) is 0 Å². The Morgan fingerprint density at radius 2 is 1.40 bits per heavy atom. The summed E-state index contributed by atoms with van der Waals surface area (Å²) in [6.45, 7) is 9.29. The summed E-state index contributed by atoms with van der Waals surface area (Å²) in [5.74, 6) is -0.746. The van der Waals surface area contributed by atoms with Gasteiger partial charge in [-0.25, -0.2) is 8.42 Å². The summed E-state index contributed by atoms with van der Waals surface area (Å²) in [4.78, 5) is 28.9. The Morgan fingerprint density at radius 1 is 0.850 bits per heavy atom. The summed E-state index contributed by atoms with van der Waals surface area (Å²) in [5.41, 5.74) is 3.22. The minimum atomic E-state index is -4.14. The van der Waals surface area contributed by atoms with Crippen LogP contribution >= 0.6 is 11.6 Å². The van der Waals surface area contributed by atoms with E-state index < -0.39 is 28.5 Å². The van der Waals surface area contributed by atoms with Gasteiger partial charge in [-0.15, -0.1) is 0 Å². The van der Waals surface area contributed by atoms with E-state index in [9.17, 15) is 18.0 Å². The van der Waals surface area contributed by atoms with Gasteiger partial charge in [0.1, 0.15) is 12.6 Å². The maximum atomic E-state index is 14.1. The number of carbonyl (C=O) groups excluding carboxylic acids is 2. The van der Waals surface area contributed by atoms with Gasteiger partial charge in [-0.05, 0) is 75.6 Å². The van der Waals surface area contributed by atoms with Crippen LogP contribution in [-0.4, -0.2) is 43.8 Å². The van der Waals surface area contributed by atoms with Gasteiger partial charge in [-0.1, -0.05) is 73.0 Å². The molecule has 0 unspecified atom stereocenters. The Morgan fingerprint density at radius 3 is 1.93 bits per heavy atom. The zero-order valence-corrected chi connectivity index (χ0v) is 25.3. The molecule has 1 N–H and O–H groups in total. The van der Waals surface area contributed by atoms with E-state index in [-0.39, 0.29) is 23.4 Å². The fourth-order valence-electron chi connectivity index (χ4n) is 4.22. The molecule has 9 heteroatoms. The standard InChI is InChI=1S/C31H38ClN3O4S/c1-6-24(5)33-31(37)29(7-2)34(20-25-12-8-22(3)9-13-25)30(36)21-35(27-16-10-23(4)11-17-27)40(38,39)28-18-14-26(32)15-19-28/h8-19,24,29H,6-7,20-21H2,1-5H3,(H,33,37)/t24-,29+/m0/s1. The largest absolute Gasteiger partial charge is 0.352 e. The lowest BCUT2D eigenvalue weighted by Crippen LogP contribution is -2.53. The molecule has 3 rings (SSSR count). The van der Waals surface area contributed by atoms with Crippen molar-refractivity contribution < 1.29 is 18.0 Å². The molecule has 0 aliphatic heterocycles. The first-order valence-corrected chi connectivity index (χ1v) is 15.3. The molecule has 7 nitrogen and oxygen atoms in total. The highest BCUT2D eigenvalue weighted by Crippen LogP contribution is 2.26. The minimum absolute atomic E-state index is 0.0110. The van der Waals surface area contributed by atoms with Crippen LogP contribution in [0.15, 0.2) is 77.7 Å². The molecular formula is C31H38ClN3O4S. The highest BCUT2D eigenvalue weighted by Gasteiger charge is 2.34. The quantitative estimate of drug-likeness (QED) is 0.289. The van der Waals surface area contributed by atoms with Gasteiger partial charge >= 0.3 is 0 Å². The summed E-state index contributed by atoms with van der Waals surface area (Å²) in [6.07, 6.45) is 1.11. The second-order valence-electron chi connectivity index (χ2n) is 10.1. The first kappa shape index (κ1) is 31.2. The molecule has 214 valence electrons. The van der Waals surface area contributed by atoms with E-state index in [2.05, 4.69) is 5.32 Å². The van der Waals surface area contributed by atoms with Crippen molar-refractivity contribution in [3.05, 3.63) is 94.5 Å². The van der Waals surface area contributed by atoms with Crippen LogP contribution in [0, 0.1) is 13.8 Å². The molecule has 0 aliphatic carbocycles. The normalized spacial score (nSPS) is 12.8. The Balaban J connectivity index is 2.04. The number of sulfonamides is 1. The Hall–Kier alpha value is -3.36. The number of carbonyl (C=O) groups is 2. The zero-order valence-electron chi connectivity index (χ0n) is 23.7. The van der Waals surface area contributed by atoms with E-state index in [1.54, 1.807) is 24.3 Å². The predicted molar refractivity (Wildman–Crippen MR) is 161 cm³/mol. The summed E-state index contributed by atoms with van der Waals surface area (Å²) < 4.78 is 28.8. The number of rotatable bonds is 12. The van der Waals surface area contributed by atoms with Crippen LogP contribution in [0.1, 0.15) is 50.3 Å². The van der Waals surface area contributed by atoms with Gasteiger partial charge in [0.25, 0.3) is 10.0 Å². The Kier molecular flexibility index (Phi) is 10.8. The first-order valence-electron chi connectivity index (χ1n) is 13.5. The van der Waals surface area contributed by atoms with Crippen molar-refractivity contribution in [1.29, 1.82) is 0 Å². The molecule has 0 saturated carbocycles. The third-order valence-corrected chi connectivity index (χ3v) is 8.90. The van der Waals surface area contributed by atoms with Gasteiger partial charge < -0.3 is 10.2 Å². The highest BCUT2D eigenvalue weighted by molar-refractivity contribution is 7.92. The average Bonchev–Trinajstić information content (AvgIpc) is 2.93. The molecule has 2 amide bonds. The third kappa shape index (κ3) is 7.86. The van der Waals surface area contributed by atoms with E-state index in [1.165, 1.54) is 29.2 Å². The molecular weight excluding hydrogens is 546 g/mol. The van der Waals surface area contributed by atoms with Gasteiger partial charge in [0.15, 0.2) is 0 Å². The van der Waals surface area contributed by atoms with E-state index in [1.807, 2.05) is 58.9 Å². The van der Waals surface area contributed by atoms with Crippen molar-refractivity contribution in [1.82, 2.24) is 10.2 Å². The van der Waals surface area contributed by atoms with Gasteiger partial charge in [0.2, 0.25) is 11.8 Å². The predicted octanol–water partition coefficient (Wildman–Crippen LogP) is 5.87. The van der Waals surface area contributed by atoms with Crippen LogP contribution in [0.5, 0.6) is 0 Å². The lowest BCUT2D eigenvalue weighted by molar-refractivity contribution is -0.140. The van der Waals surface area contributed by atoms with Crippen LogP contribution in [0.4, 0.5) is 5.69 Å². The maximum absolute atomic E-state index is 14.1. The van der Waals surface area contributed by atoms with Crippen LogP contribution < -0.4 is 9.62 Å². The van der Waals surface area contributed by atoms with Crippen LogP contribution in [0.25, 0.3) is 0 Å². The second-order valence-corrected chi connectivity index (χ2v) is 12.3. The number of amides is 2. The molecule has 0 aromatic heterocycles. The highest BCUT2D eigenvalue weighted by atomic mass is 35.5. The van der Waals surface area contributed by atoms with Crippen molar-refractivity contribution in [2.75, 3.05) is 10.8 Å². The number of aryl methyl sites for hydroxylation is 2. The molecule has 0 fully saturated rings. The van der Waals surface area contributed by atoms with Crippen molar-refractivity contribution >= 4 is 39.1 Å². The summed E-state index contributed by atoms with van der Waals surface area (Å²) >= 11 is 6.01. The Labute approximate surface area is 243 Å². The lowest BCUT2D eigenvalue weighted by Gasteiger charge is -2.33. The third-order valence-electron chi connectivity index (χ3n) is 6.86. The zero-order chi connectivity index (χ0) is 29.4. The smallest absolute Gasteiger partial charge is 0.264 e. The molecule has 0 aliphatic rings. The summed E-state index contributed by atoms with van der Waals surface area (Å²) in [6, 6.07) is 19.7. The summed E-state index contributed by atoms with van der Waals surface area (Å²) in [5, 5.41) is 3.39. The van der Waals surface area contributed by atoms with E-state index >= 15 is 0 Å². The fourth-order valence-corrected chi connectivity index (χ4v) is 5.76. The maximum Gasteiger partial charge on any atom is 0.264 e. The number of anilines is 1. The monoisotopic (exact) mass is 583 g/mol. The molecule has 2 atom stereocenters. The Bertz CT molecular complexity index is 1390. The van der Waals surface area contributed by atoms with Crippen LogP contribution in [0.3, 0.4) is 0 Å². The second kappa shape index (κ2) is 13.8. The molecule has 0 bridgehead atoms. The number of nitrogens with zero attached hydrogens (tertiary/aromatic N) is 2. The molecule has 0 heterocycles. The number of nitrogens with one attached hydrogen (secondary N) is 1. The summed E-state index contributed by atoms with van der Waals surface area (Å²) in [7, 11) is -4.14.